The molecule has 0 spiro atoms. The van der Waals surface area contributed by atoms with Crippen LogP contribution >= 0.6 is 15.9 Å². The summed E-state index contributed by atoms with van der Waals surface area (Å²) in [6.45, 7) is 2.91. The van der Waals surface area contributed by atoms with Crippen molar-refractivity contribution in [2.24, 2.45) is 0 Å². The van der Waals surface area contributed by atoms with Gasteiger partial charge in [0.25, 0.3) is 0 Å². The van der Waals surface area contributed by atoms with Gasteiger partial charge in [0.05, 0.1) is 21.9 Å². The van der Waals surface area contributed by atoms with Crippen LogP contribution in [-0.2, 0) is 0 Å². The Labute approximate surface area is 126 Å². The molecule has 0 amide bonds. The van der Waals surface area contributed by atoms with E-state index in [0.717, 1.165) is 33.4 Å². The maximum Gasteiger partial charge on any atom is 0.140 e. The van der Waals surface area contributed by atoms with E-state index in [-0.39, 0.29) is 6.04 Å². The minimum atomic E-state index is -0.0472. The van der Waals surface area contributed by atoms with Gasteiger partial charge < -0.3 is 9.73 Å². The molecule has 3 nitrogen and oxygen atoms in total. The van der Waals surface area contributed by atoms with Crippen LogP contribution in [-0.4, -0.2) is 11.5 Å². The molecule has 0 saturated carbocycles. The molecule has 0 saturated heterocycles. The molecule has 1 N–H and O–H groups in total. The lowest BCUT2D eigenvalue weighted by Crippen LogP contribution is -2.22. The number of furan rings is 1. The lowest BCUT2D eigenvalue weighted by Gasteiger charge is -2.16. The fourth-order valence-corrected chi connectivity index (χ4v) is 2.72. The molecule has 0 radical (unpaired) electrons. The Kier molecular flexibility index (Phi) is 3.85. The molecular formula is C16H15BrN2O. The van der Waals surface area contributed by atoms with Gasteiger partial charge in [0.2, 0.25) is 0 Å². The number of para-hydroxylation sites is 1. The molecule has 3 aromatic rings. The third-order valence-electron chi connectivity index (χ3n) is 3.23. The lowest BCUT2D eigenvalue weighted by atomic mass is 10.1. The van der Waals surface area contributed by atoms with E-state index in [2.05, 4.69) is 40.3 Å². The number of nitrogens with one attached hydrogen (secondary N) is 1. The molecule has 102 valence electrons. The van der Waals surface area contributed by atoms with Crippen molar-refractivity contribution in [2.45, 2.75) is 13.0 Å². The summed E-state index contributed by atoms with van der Waals surface area (Å²) in [5, 5.41) is 4.56. The summed E-state index contributed by atoms with van der Waals surface area (Å²) < 4.78 is 6.55. The van der Waals surface area contributed by atoms with Gasteiger partial charge in [-0.2, -0.15) is 0 Å². The zero-order chi connectivity index (χ0) is 13.9. The van der Waals surface area contributed by atoms with E-state index in [1.807, 2.05) is 30.3 Å². The second-order valence-corrected chi connectivity index (χ2v) is 5.41. The second-order valence-electron chi connectivity index (χ2n) is 4.55. The first-order chi connectivity index (χ1) is 9.79. The molecule has 0 bridgehead atoms. The monoisotopic (exact) mass is 330 g/mol. The molecule has 1 atom stereocenters. The van der Waals surface area contributed by atoms with Crippen molar-refractivity contribution in [2.75, 3.05) is 6.54 Å². The fourth-order valence-electron chi connectivity index (χ4n) is 2.29. The number of pyridine rings is 1. The molecule has 2 aromatic heterocycles. The fraction of sp³-hybridized carbons (Fsp3) is 0.188. The van der Waals surface area contributed by atoms with Gasteiger partial charge in [0.1, 0.15) is 11.8 Å². The average Bonchev–Trinajstić information content (AvgIpc) is 2.90. The van der Waals surface area contributed by atoms with Crippen LogP contribution < -0.4 is 5.32 Å². The van der Waals surface area contributed by atoms with Crippen LogP contribution in [0.4, 0.5) is 0 Å². The van der Waals surface area contributed by atoms with Gasteiger partial charge in [-0.25, -0.2) is 0 Å². The van der Waals surface area contributed by atoms with Crippen LogP contribution in [0.3, 0.4) is 0 Å². The summed E-state index contributed by atoms with van der Waals surface area (Å²) in [5.41, 5.74) is 1.96. The summed E-state index contributed by atoms with van der Waals surface area (Å²) >= 11 is 3.52. The highest BCUT2D eigenvalue weighted by Crippen LogP contribution is 2.29. The van der Waals surface area contributed by atoms with Crippen molar-refractivity contribution in [3.05, 3.63) is 64.7 Å². The number of nitrogens with zero attached hydrogens (tertiary/aromatic N) is 1. The number of aromatic nitrogens is 1. The predicted octanol–water partition coefficient (Wildman–Crippen LogP) is 4.29. The highest BCUT2D eigenvalue weighted by Gasteiger charge is 2.20. The first kappa shape index (κ1) is 13.3. The molecule has 0 fully saturated rings. The van der Waals surface area contributed by atoms with Gasteiger partial charge >= 0.3 is 0 Å². The predicted molar refractivity (Wildman–Crippen MR) is 83.7 cm³/mol. The van der Waals surface area contributed by atoms with Crippen LogP contribution in [0.25, 0.3) is 10.9 Å². The average molecular weight is 331 g/mol. The number of halogens is 1. The van der Waals surface area contributed by atoms with Crippen LogP contribution in [0.2, 0.25) is 0 Å². The van der Waals surface area contributed by atoms with E-state index >= 15 is 0 Å². The van der Waals surface area contributed by atoms with Gasteiger partial charge in [-0.3, -0.25) is 4.98 Å². The molecule has 3 rings (SSSR count). The Morgan fingerprint density at radius 3 is 2.80 bits per heavy atom. The Morgan fingerprint density at radius 2 is 2.05 bits per heavy atom. The number of fused-ring (bicyclic) bond motifs is 1. The third-order valence-corrected chi connectivity index (χ3v) is 3.89. The number of hydrogen-bond donors (Lipinski definition) is 1. The highest BCUT2D eigenvalue weighted by molar-refractivity contribution is 9.10. The van der Waals surface area contributed by atoms with Crippen molar-refractivity contribution in [3.8, 4) is 0 Å². The smallest absolute Gasteiger partial charge is 0.140 e. The maximum atomic E-state index is 5.60. The van der Waals surface area contributed by atoms with E-state index in [1.54, 1.807) is 6.26 Å². The molecule has 0 aliphatic heterocycles. The van der Waals surface area contributed by atoms with Crippen molar-refractivity contribution >= 4 is 26.8 Å². The van der Waals surface area contributed by atoms with Crippen LogP contribution in [0.1, 0.15) is 24.4 Å². The Hall–Kier alpha value is -1.65. The van der Waals surface area contributed by atoms with E-state index in [1.165, 1.54) is 0 Å². The van der Waals surface area contributed by atoms with Crippen molar-refractivity contribution in [1.29, 1.82) is 0 Å². The SMILES string of the molecule is CCNC(c1ccc2ccccc2n1)c1occc1Br. The number of rotatable bonds is 4. The van der Waals surface area contributed by atoms with Crippen LogP contribution in [0, 0.1) is 0 Å². The highest BCUT2D eigenvalue weighted by atomic mass is 79.9. The minimum Gasteiger partial charge on any atom is -0.466 e. The Morgan fingerprint density at radius 1 is 1.20 bits per heavy atom. The third kappa shape index (κ3) is 2.49. The minimum absolute atomic E-state index is 0.0472. The summed E-state index contributed by atoms with van der Waals surface area (Å²) in [6.07, 6.45) is 1.69. The van der Waals surface area contributed by atoms with Gasteiger partial charge in [-0.05, 0) is 40.7 Å². The van der Waals surface area contributed by atoms with E-state index in [4.69, 9.17) is 9.40 Å². The molecule has 20 heavy (non-hydrogen) atoms. The van der Waals surface area contributed by atoms with Gasteiger partial charge in [0, 0.05) is 5.39 Å². The number of benzene rings is 1. The van der Waals surface area contributed by atoms with Gasteiger partial charge in [-0.1, -0.05) is 31.2 Å². The second kappa shape index (κ2) is 5.77. The number of hydrogen-bond acceptors (Lipinski definition) is 3. The zero-order valence-corrected chi connectivity index (χ0v) is 12.7. The molecule has 1 unspecified atom stereocenters. The van der Waals surface area contributed by atoms with E-state index in [0.29, 0.717) is 0 Å². The van der Waals surface area contributed by atoms with Gasteiger partial charge in [0.15, 0.2) is 0 Å². The normalized spacial score (nSPS) is 12.7. The summed E-state index contributed by atoms with van der Waals surface area (Å²) in [7, 11) is 0. The lowest BCUT2D eigenvalue weighted by molar-refractivity contribution is 0.445. The Bertz CT molecular complexity index is 723. The largest absolute Gasteiger partial charge is 0.466 e. The molecular weight excluding hydrogens is 316 g/mol. The summed E-state index contributed by atoms with van der Waals surface area (Å²) in [5.74, 6) is 0.856. The topological polar surface area (TPSA) is 38.1 Å². The quantitative estimate of drug-likeness (QED) is 0.775. The first-order valence-electron chi connectivity index (χ1n) is 6.61. The van der Waals surface area contributed by atoms with Gasteiger partial charge in [-0.15, -0.1) is 0 Å². The standard InChI is InChI=1S/C16H15BrN2O/c1-2-18-15(16-12(17)9-10-20-16)14-8-7-11-5-3-4-6-13(11)19-14/h3-10,15,18H,2H2,1H3. The summed E-state index contributed by atoms with van der Waals surface area (Å²) in [4.78, 5) is 4.75. The maximum absolute atomic E-state index is 5.60. The molecule has 1 aromatic carbocycles. The summed E-state index contributed by atoms with van der Waals surface area (Å²) in [6, 6.07) is 14.1. The molecule has 0 aliphatic rings. The van der Waals surface area contributed by atoms with E-state index in [9.17, 15) is 0 Å². The van der Waals surface area contributed by atoms with E-state index < -0.39 is 0 Å². The van der Waals surface area contributed by atoms with Crippen molar-refractivity contribution in [3.63, 3.8) is 0 Å². The first-order valence-corrected chi connectivity index (χ1v) is 7.41. The van der Waals surface area contributed by atoms with Crippen LogP contribution in [0.5, 0.6) is 0 Å². The molecule has 0 aliphatic carbocycles. The zero-order valence-electron chi connectivity index (χ0n) is 11.1. The Balaban J connectivity index is 2.07. The molecule has 4 heteroatoms. The van der Waals surface area contributed by atoms with Crippen molar-refractivity contribution in [1.82, 2.24) is 10.3 Å². The molecule has 2 heterocycles. The van der Waals surface area contributed by atoms with Crippen LogP contribution in [0.15, 0.2) is 57.6 Å². The van der Waals surface area contributed by atoms with Crippen molar-refractivity contribution < 1.29 is 4.42 Å².